The van der Waals surface area contributed by atoms with Crippen molar-refractivity contribution in [2.75, 3.05) is 6.54 Å². The van der Waals surface area contributed by atoms with Crippen LogP contribution in [0.4, 0.5) is 4.39 Å². The van der Waals surface area contributed by atoms with Gasteiger partial charge < -0.3 is 5.73 Å². The molecule has 0 aliphatic rings. The molecule has 0 spiro atoms. The van der Waals surface area contributed by atoms with E-state index in [4.69, 9.17) is 11.0 Å². The van der Waals surface area contributed by atoms with E-state index >= 15 is 0 Å². The summed E-state index contributed by atoms with van der Waals surface area (Å²) in [6.45, 7) is 0.236. The Morgan fingerprint density at radius 3 is 2.67 bits per heavy atom. The number of halogens is 1. The predicted molar refractivity (Wildman–Crippen MR) is 74.2 cm³/mol. The molecule has 0 amide bonds. The first-order valence-corrected chi connectivity index (χ1v) is 6.25. The maximum absolute atomic E-state index is 13.8. The maximum Gasteiger partial charge on any atom is 0.331 e. The molecule has 108 valence electrons. The minimum atomic E-state index is -0.572. The Morgan fingerprint density at radius 1 is 1.29 bits per heavy atom. The minimum absolute atomic E-state index is 0.0266. The standard InChI is InChI=1S/C14H13FN4O2/c15-12-7-10(8-17)1-2-11(12)9-18-5-3-13(20)19(6-4-16)14(18)21/h1-3,5,7H,4,6,9,16H2. The quantitative estimate of drug-likeness (QED) is 0.858. The zero-order valence-corrected chi connectivity index (χ0v) is 11.1. The first kappa shape index (κ1) is 14.7. The fourth-order valence-electron chi connectivity index (χ4n) is 1.94. The molecule has 0 unspecified atom stereocenters. The van der Waals surface area contributed by atoms with E-state index in [1.165, 1.54) is 29.0 Å². The van der Waals surface area contributed by atoms with Crippen LogP contribution in [-0.2, 0) is 13.1 Å². The third-order valence-corrected chi connectivity index (χ3v) is 3.02. The topological polar surface area (TPSA) is 93.8 Å². The third kappa shape index (κ3) is 3.07. The Kier molecular flexibility index (Phi) is 4.30. The van der Waals surface area contributed by atoms with Crippen LogP contribution in [0, 0.1) is 17.1 Å². The van der Waals surface area contributed by atoms with E-state index in [0.717, 1.165) is 10.6 Å². The first-order valence-electron chi connectivity index (χ1n) is 6.25. The molecule has 7 heteroatoms. The number of aromatic nitrogens is 2. The number of rotatable bonds is 4. The third-order valence-electron chi connectivity index (χ3n) is 3.02. The van der Waals surface area contributed by atoms with Crippen LogP contribution < -0.4 is 17.0 Å². The minimum Gasteiger partial charge on any atom is -0.329 e. The average molecular weight is 288 g/mol. The fraction of sp³-hybridized carbons (Fsp3) is 0.214. The lowest BCUT2D eigenvalue weighted by Gasteiger charge is -2.10. The second-order valence-electron chi connectivity index (χ2n) is 4.42. The number of hydrogen-bond acceptors (Lipinski definition) is 4. The molecule has 0 saturated heterocycles. The van der Waals surface area contributed by atoms with Crippen LogP contribution in [0.1, 0.15) is 11.1 Å². The lowest BCUT2D eigenvalue weighted by molar-refractivity contribution is 0.558. The van der Waals surface area contributed by atoms with Gasteiger partial charge in [0.25, 0.3) is 5.56 Å². The van der Waals surface area contributed by atoms with Crippen LogP contribution in [0.5, 0.6) is 0 Å². The van der Waals surface area contributed by atoms with Crippen molar-refractivity contribution in [2.24, 2.45) is 5.73 Å². The molecule has 21 heavy (non-hydrogen) atoms. The zero-order chi connectivity index (χ0) is 15.4. The SMILES string of the molecule is N#Cc1ccc(Cn2ccc(=O)n(CCN)c2=O)c(F)c1. The Hall–Kier alpha value is -2.72. The predicted octanol–water partition coefficient (Wildman–Crippen LogP) is 0.0278. The van der Waals surface area contributed by atoms with Crippen molar-refractivity contribution in [1.29, 1.82) is 5.26 Å². The molecule has 1 aromatic carbocycles. The van der Waals surface area contributed by atoms with Crippen molar-refractivity contribution in [3.8, 4) is 6.07 Å². The van der Waals surface area contributed by atoms with Gasteiger partial charge in [-0.2, -0.15) is 5.26 Å². The number of nitriles is 1. The van der Waals surface area contributed by atoms with Gasteiger partial charge in [-0.25, -0.2) is 9.18 Å². The molecular weight excluding hydrogens is 275 g/mol. The molecule has 0 atom stereocenters. The number of nitrogens with zero attached hydrogens (tertiary/aromatic N) is 3. The van der Waals surface area contributed by atoms with Gasteiger partial charge in [0.2, 0.25) is 0 Å². The van der Waals surface area contributed by atoms with Crippen molar-refractivity contribution in [3.05, 3.63) is 68.2 Å². The van der Waals surface area contributed by atoms with Crippen LogP contribution in [0.25, 0.3) is 0 Å². The molecule has 2 rings (SSSR count). The molecule has 0 bridgehead atoms. The summed E-state index contributed by atoms with van der Waals surface area (Å²) in [6, 6.07) is 7.09. The van der Waals surface area contributed by atoms with Crippen LogP contribution in [0.2, 0.25) is 0 Å². The second kappa shape index (κ2) is 6.15. The van der Waals surface area contributed by atoms with E-state index < -0.39 is 17.1 Å². The molecule has 0 fully saturated rings. The van der Waals surface area contributed by atoms with E-state index in [0.29, 0.717) is 0 Å². The molecular formula is C14H13FN4O2. The highest BCUT2D eigenvalue weighted by Gasteiger charge is 2.08. The van der Waals surface area contributed by atoms with E-state index in [-0.39, 0.29) is 30.8 Å². The fourth-order valence-corrected chi connectivity index (χ4v) is 1.94. The number of nitrogens with two attached hydrogens (primary N) is 1. The van der Waals surface area contributed by atoms with Gasteiger partial charge >= 0.3 is 5.69 Å². The molecule has 2 N–H and O–H groups in total. The highest BCUT2D eigenvalue weighted by molar-refractivity contribution is 5.32. The molecule has 0 radical (unpaired) electrons. The summed E-state index contributed by atoms with van der Waals surface area (Å²) in [7, 11) is 0. The first-order chi connectivity index (χ1) is 10.1. The highest BCUT2D eigenvalue weighted by Crippen LogP contribution is 2.10. The number of hydrogen-bond donors (Lipinski definition) is 1. The van der Waals surface area contributed by atoms with Gasteiger partial charge in [0.05, 0.1) is 18.2 Å². The molecule has 2 aromatic rings. The Labute approximate surface area is 119 Å². The van der Waals surface area contributed by atoms with Gasteiger partial charge in [0.15, 0.2) is 0 Å². The maximum atomic E-state index is 13.8. The lowest BCUT2D eigenvalue weighted by atomic mass is 10.1. The van der Waals surface area contributed by atoms with Gasteiger partial charge in [0, 0.05) is 30.9 Å². The summed E-state index contributed by atoms with van der Waals surface area (Å²) in [5.74, 6) is -0.572. The Bertz CT molecular complexity index is 817. The van der Waals surface area contributed by atoms with Gasteiger partial charge in [-0.05, 0) is 12.1 Å². The van der Waals surface area contributed by atoms with Crippen LogP contribution in [0.15, 0.2) is 40.1 Å². The molecule has 0 aliphatic carbocycles. The van der Waals surface area contributed by atoms with Crippen LogP contribution in [-0.4, -0.2) is 15.7 Å². The second-order valence-corrected chi connectivity index (χ2v) is 4.42. The smallest absolute Gasteiger partial charge is 0.329 e. The van der Waals surface area contributed by atoms with Crippen molar-refractivity contribution in [3.63, 3.8) is 0 Å². The monoisotopic (exact) mass is 288 g/mol. The summed E-state index contributed by atoms with van der Waals surface area (Å²) in [5, 5.41) is 8.69. The van der Waals surface area contributed by atoms with Crippen LogP contribution >= 0.6 is 0 Å². The molecule has 1 heterocycles. The normalized spacial score (nSPS) is 10.3. The molecule has 0 aliphatic heterocycles. The van der Waals surface area contributed by atoms with E-state index in [2.05, 4.69) is 0 Å². The summed E-state index contributed by atoms with van der Waals surface area (Å²) < 4.78 is 16.1. The van der Waals surface area contributed by atoms with Crippen molar-refractivity contribution in [2.45, 2.75) is 13.1 Å². The van der Waals surface area contributed by atoms with Gasteiger partial charge in [-0.1, -0.05) is 6.07 Å². The van der Waals surface area contributed by atoms with Crippen molar-refractivity contribution in [1.82, 2.24) is 9.13 Å². The van der Waals surface area contributed by atoms with Gasteiger partial charge in [0.1, 0.15) is 5.82 Å². The van der Waals surface area contributed by atoms with E-state index in [1.807, 2.05) is 6.07 Å². The summed E-state index contributed by atoms with van der Waals surface area (Å²) in [4.78, 5) is 23.7. The highest BCUT2D eigenvalue weighted by atomic mass is 19.1. The Morgan fingerprint density at radius 2 is 2.05 bits per heavy atom. The lowest BCUT2D eigenvalue weighted by Crippen LogP contribution is -2.40. The molecule has 6 nitrogen and oxygen atoms in total. The molecule has 1 aromatic heterocycles. The van der Waals surface area contributed by atoms with E-state index in [9.17, 15) is 14.0 Å². The summed E-state index contributed by atoms with van der Waals surface area (Å²) in [6.07, 6.45) is 1.31. The van der Waals surface area contributed by atoms with Crippen molar-refractivity contribution < 1.29 is 4.39 Å². The number of benzene rings is 1. The Balaban J connectivity index is 2.41. The summed E-state index contributed by atoms with van der Waals surface area (Å²) >= 11 is 0. The largest absolute Gasteiger partial charge is 0.331 e. The summed E-state index contributed by atoms with van der Waals surface area (Å²) in [5.41, 5.74) is 4.83. The molecule has 0 saturated carbocycles. The van der Waals surface area contributed by atoms with Gasteiger partial charge in [-0.3, -0.25) is 13.9 Å². The average Bonchev–Trinajstić information content (AvgIpc) is 2.48. The zero-order valence-electron chi connectivity index (χ0n) is 11.1. The van der Waals surface area contributed by atoms with Crippen LogP contribution in [0.3, 0.4) is 0 Å². The van der Waals surface area contributed by atoms with Crippen molar-refractivity contribution >= 4 is 0 Å². The van der Waals surface area contributed by atoms with Gasteiger partial charge in [-0.15, -0.1) is 0 Å². The van der Waals surface area contributed by atoms with E-state index in [1.54, 1.807) is 0 Å².